The normalized spacial score (nSPS) is 10.4. The maximum Gasteiger partial charge on any atom is 0.322 e. The smallest absolute Gasteiger partial charge is 0.320 e. The third kappa shape index (κ3) is 5.71. The fourth-order valence-corrected chi connectivity index (χ4v) is 2.94. The number of urea groups is 1. The first-order valence-electron chi connectivity index (χ1n) is 8.56. The van der Waals surface area contributed by atoms with Gasteiger partial charge < -0.3 is 10.2 Å². The van der Waals surface area contributed by atoms with Crippen molar-refractivity contribution in [2.24, 2.45) is 0 Å². The van der Waals surface area contributed by atoms with E-state index in [0.29, 0.717) is 35.2 Å². The summed E-state index contributed by atoms with van der Waals surface area (Å²) in [6.07, 6.45) is 2.40. The molecule has 27 heavy (non-hydrogen) atoms. The van der Waals surface area contributed by atoms with E-state index in [9.17, 15) is 4.79 Å². The van der Waals surface area contributed by atoms with Crippen LogP contribution in [0.15, 0.2) is 72.9 Å². The first kappa shape index (κ1) is 19.2. The van der Waals surface area contributed by atoms with Crippen LogP contribution in [0.4, 0.5) is 10.5 Å². The topological polar surface area (TPSA) is 45.2 Å². The molecule has 0 aliphatic carbocycles. The van der Waals surface area contributed by atoms with Crippen LogP contribution in [0.3, 0.4) is 0 Å². The number of benzene rings is 2. The number of halogens is 2. The van der Waals surface area contributed by atoms with Crippen LogP contribution in [0, 0.1) is 0 Å². The summed E-state index contributed by atoms with van der Waals surface area (Å²) in [5.74, 6) is 0. The van der Waals surface area contributed by atoms with Gasteiger partial charge in [0.1, 0.15) is 0 Å². The Morgan fingerprint density at radius 1 is 0.963 bits per heavy atom. The highest BCUT2D eigenvalue weighted by atomic mass is 35.5. The maximum atomic E-state index is 12.9. The number of amides is 2. The Morgan fingerprint density at radius 3 is 2.41 bits per heavy atom. The molecule has 2 aromatic carbocycles. The van der Waals surface area contributed by atoms with Gasteiger partial charge in [0.05, 0.1) is 0 Å². The number of anilines is 1. The molecule has 1 N–H and O–H groups in total. The SMILES string of the molecule is O=C(Nc1ccc(Cl)cc1)N(CCc1ccccn1)Cc1ccccc1Cl. The Labute approximate surface area is 168 Å². The van der Waals surface area contributed by atoms with Gasteiger partial charge in [-0.1, -0.05) is 47.5 Å². The van der Waals surface area contributed by atoms with Crippen molar-refractivity contribution in [1.82, 2.24) is 9.88 Å². The first-order chi connectivity index (χ1) is 13.1. The molecule has 0 aliphatic rings. The summed E-state index contributed by atoms with van der Waals surface area (Å²) >= 11 is 12.2. The molecule has 0 aliphatic heterocycles. The van der Waals surface area contributed by atoms with E-state index >= 15 is 0 Å². The van der Waals surface area contributed by atoms with Gasteiger partial charge in [-0.25, -0.2) is 4.79 Å². The molecule has 1 heterocycles. The number of nitrogens with one attached hydrogen (secondary N) is 1. The highest BCUT2D eigenvalue weighted by Gasteiger charge is 2.16. The summed E-state index contributed by atoms with van der Waals surface area (Å²) in [4.78, 5) is 18.9. The zero-order valence-electron chi connectivity index (χ0n) is 14.6. The number of carbonyl (C=O) groups is 1. The molecule has 4 nitrogen and oxygen atoms in total. The van der Waals surface area contributed by atoms with Crippen LogP contribution in [-0.4, -0.2) is 22.5 Å². The maximum absolute atomic E-state index is 12.9. The molecule has 6 heteroatoms. The van der Waals surface area contributed by atoms with Crippen molar-refractivity contribution in [1.29, 1.82) is 0 Å². The number of carbonyl (C=O) groups excluding carboxylic acids is 1. The highest BCUT2D eigenvalue weighted by Crippen LogP contribution is 2.19. The summed E-state index contributed by atoms with van der Waals surface area (Å²) in [6.45, 7) is 0.924. The second kappa shape index (κ2) is 9.40. The molecule has 0 saturated carbocycles. The molecule has 0 bridgehead atoms. The lowest BCUT2D eigenvalue weighted by Crippen LogP contribution is -2.36. The van der Waals surface area contributed by atoms with E-state index < -0.39 is 0 Å². The summed E-state index contributed by atoms with van der Waals surface area (Å²) < 4.78 is 0. The van der Waals surface area contributed by atoms with Crippen molar-refractivity contribution in [3.05, 3.63) is 94.2 Å². The molecule has 138 valence electrons. The fraction of sp³-hybridized carbons (Fsp3) is 0.143. The van der Waals surface area contributed by atoms with Crippen molar-refractivity contribution in [2.45, 2.75) is 13.0 Å². The molecule has 0 fully saturated rings. The molecule has 2 amide bonds. The number of hydrogen-bond donors (Lipinski definition) is 1. The van der Waals surface area contributed by atoms with Crippen LogP contribution in [0.2, 0.25) is 10.0 Å². The molecule has 0 saturated heterocycles. The van der Waals surface area contributed by atoms with Gasteiger partial charge in [-0.2, -0.15) is 0 Å². The first-order valence-corrected chi connectivity index (χ1v) is 9.32. The van der Waals surface area contributed by atoms with Crippen LogP contribution >= 0.6 is 23.2 Å². The minimum Gasteiger partial charge on any atom is -0.320 e. The average Bonchev–Trinajstić information content (AvgIpc) is 2.69. The van der Waals surface area contributed by atoms with Gasteiger partial charge in [0.25, 0.3) is 0 Å². The molecule has 1 aromatic heterocycles. The van der Waals surface area contributed by atoms with E-state index in [-0.39, 0.29) is 6.03 Å². The molecular weight excluding hydrogens is 381 g/mol. The average molecular weight is 400 g/mol. The van der Waals surface area contributed by atoms with Gasteiger partial charge in [-0.15, -0.1) is 0 Å². The predicted octanol–water partition coefficient (Wildman–Crippen LogP) is 5.67. The van der Waals surface area contributed by atoms with Gasteiger partial charge in [-0.05, 0) is 48.0 Å². The van der Waals surface area contributed by atoms with Crippen LogP contribution in [0.5, 0.6) is 0 Å². The molecule has 0 atom stereocenters. The zero-order chi connectivity index (χ0) is 19.1. The third-order valence-corrected chi connectivity index (χ3v) is 4.69. The largest absolute Gasteiger partial charge is 0.322 e. The van der Waals surface area contributed by atoms with E-state index in [4.69, 9.17) is 23.2 Å². The number of nitrogens with zero attached hydrogens (tertiary/aromatic N) is 2. The summed E-state index contributed by atoms with van der Waals surface area (Å²) in [7, 11) is 0. The van der Waals surface area contributed by atoms with E-state index in [1.807, 2.05) is 42.5 Å². The quantitative estimate of drug-likeness (QED) is 0.580. The highest BCUT2D eigenvalue weighted by molar-refractivity contribution is 6.31. The lowest BCUT2D eigenvalue weighted by atomic mass is 10.2. The molecular formula is C21H19Cl2N3O. The second-order valence-corrected chi connectivity index (χ2v) is 6.86. The molecule has 0 unspecified atom stereocenters. The lowest BCUT2D eigenvalue weighted by molar-refractivity contribution is 0.209. The summed E-state index contributed by atoms with van der Waals surface area (Å²) in [5, 5.41) is 4.17. The standard InChI is InChI=1S/C21H19Cl2N3O/c22-17-8-10-19(11-9-17)25-21(27)26(14-12-18-6-3-4-13-24-18)15-16-5-1-2-7-20(16)23/h1-11,13H,12,14-15H2,(H,25,27). The van der Waals surface area contributed by atoms with E-state index in [2.05, 4.69) is 10.3 Å². The Hall–Kier alpha value is -2.56. The predicted molar refractivity (Wildman–Crippen MR) is 110 cm³/mol. The second-order valence-electron chi connectivity index (χ2n) is 6.02. The number of aromatic nitrogens is 1. The Bertz CT molecular complexity index is 885. The van der Waals surface area contributed by atoms with Crippen LogP contribution in [0.25, 0.3) is 0 Å². The van der Waals surface area contributed by atoms with E-state index in [1.54, 1.807) is 35.4 Å². The minimum atomic E-state index is -0.201. The van der Waals surface area contributed by atoms with Crippen molar-refractivity contribution >= 4 is 34.9 Å². The Kier molecular flexibility index (Phi) is 6.69. The molecule has 3 rings (SSSR count). The van der Waals surface area contributed by atoms with Crippen LogP contribution < -0.4 is 5.32 Å². The van der Waals surface area contributed by atoms with Crippen molar-refractivity contribution in [3.8, 4) is 0 Å². The Balaban J connectivity index is 1.74. The van der Waals surface area contributed by atoms with E-state index in [0.717, 1.165) is 11.3 Å². The van der Waals surface area contributed by atoms with Gasteiger partial charge in [-0.3, -0.25) is 4.98 Å². The fourth-order valence-electron chi connectivity index (χ4n) is 2.62. The van der Waals surface area contributed by atoms with Crippen molar-refractivity contribution < 1.29 is 4.79 Å². The number of hydrogen-bond acceptors (Lipinski definition) is 2. The van der Waals surface area contributed by atoms with Crippen LogP contribution in [0.1, 0.15) is 11.3 Å². The van der Waals surface area contributed by atoms with E-state index in [1.165, 1.54) is 0 Å². The monoisotopic (exact) mass is 399 g/mol. The van der Waals surface area contributed by atoms with Gasteiger partial charge in [0, 0.05) is 47.1 Å². The summed E-state index contributed by atoms with van der Waals surface area (Å²) in [5.41, 5.74) is 2.51. The number of pyridine rings is 1. The molecule has 0 radical (unpaired) electrons. The third-order valence-electron chi connectivity index (χ3n) is 4.07. The van der Waals surface area contributed by atoms with Crippen LogP contribution in [-0.2, 0) is 13.0 Å². The molecule has 3 aromatic rings. The minimum absolute atomic E-state index is 0.201. The summed E-state index contributed by atoms with van der Waals surface area (Å²) in [6, 6.07) is 20.1. The van der Waals surface area contributed by atoms with Gasteiger partial charge in [0.2, 0.25) is 0 Å². The Morgan fingerprint density at radius 2 is 1.70 bits per heavy atom. The van der Waals surface area contributed by atoms with Crippen molar-refractivity contribution in [2.75, 3.05) is 11.9 Å². The molecule has 0 spiro atoms. The lowest BCUT2D eigenvalue weighted by Gasteiger charge is -2.24. The number of rotatable bonds is 6. The van der Waals surface area contributed by atoms with Gasteiger partial charge in [0.15, 0.2) is 0 Å². The van der Waals surface area contributed by atoms with Crippen molar-refractivity contribution in [3.63, 3.8) is 0 Å². The zero-order valence-corrected chi connectivity index (χ0v) is 16.1. The van der Waals surface area contributed by atoms with Gasteiger partial charge >= 0.3 is 6.03 Å².